The van der Waals surface area contributed by atoms with Gasteiger partial charge in [-0.15, -0.1) is 11.3 Å². The molecule has 0 fully saturated rings. The Morgan fingerprint density at radius 3 is 2.59 bits per heavy atom. The van der Waals surface area contributed by atoms with Crippen molar-refractivity contribution in [3.05, 3.63) is 16.1 Å². The van der Waals surface area contributed by atoms with E-state index in [0.717, 1.165) is 9.88 Å². The maximum atomic E-state index is 11.1. The van der Waals surface area contributed by atoms with Crippen molar-refractivity contribution in [2.24, 2.45) is 0 Å². The number of hydrogen-bond acceptors (Lipinski definition) is 5. The van der Waals surface area contributed by atoms with Crippen LogP contribution in [0, 0.1) is 6.92 Å². The molecule has 0 atom stereocenters. The van der Waals surface area contributed by atoms with Crippen molar-refractivity contribution in [3.8, 4) is 0 Å². The van der Waals surface area contributed by atoms with Gasteiger partial charge in [0.2, 0.25) is 10.0 Å². The Bertz CT molecular complexity index is 466. The van der Waals surface area contributed by atoms with Crippen LogP contribution in [0.3, 0.4) is 0 Å². The van der Waals surface area contributed by atoms with E-state index in [4.69, 9.17) is 0 Å². The van der Waals surface area contributed by atoms with Gasteiger partial charge < -0.3 is 5.32 Å². The van der Waals surface area contributed by atoms with Gasteiger partial charge in [0.05, 0.1) is 11.3 Å². The molecule has 1 aromatic rings. The fraction of sp³-hybridized carbons (Fsp3) is 0.700. The lowest BCUT2D eigenvalue weighted by Gasteiger charge is -2.25. The highest BCUT2D eigenvalue weighted by molar-refractivity contribution is 7.88. The van der Waals surface area contributed by atoms with E-state index >= 15 is 0 Å². The smallest absolute Gasteiger partial charge is 0.209 e. The number of sulfonamides is 1. The van der Waals surface area contributed by atoms with Gasteiger partial charge in [-0.3, -0.25) is 0 Å². The lowest BCUT2D eigenvalue weighted by Crippen LogP contribution is -2.49. The molecule has 1 aromatic heterocycles. The summed E-state index contributed by atoms with van der Waals surface area (Å²) in [5.74, 6) is 0. The standard InChI is InChI=1S/C10H19N3O2S2/c1-8-12-6-9(16-8)5-11-7-10(2,3)13-17(4,14)15/h6,11,13H,5,7H2,1-4H3. The first-order valence-corrected chi connectivity index (χ1v) is 8.00. The van der Waals surface area contributed by atoms with Crippen LogP contribution >= 0.6 is 11.3 Å². The summed E-state index contributed by atoms with van der Waals surface area (Å²) in [5.41, 5.74) is -0.493. The summed E-state index contributed by atoms with van der Waals surface area (Å²) in [6.07, 6.45) is 3.01. The third-order valence-electron chi connectivity index (χ3n) is 2.00. The van der Waals surface area contributed by atoms with Gasteiger partial charge in [-0.2, -0.15) is 0 Å². The van der Waals surface area contributed by atoms with Crippen LogP contribution in [0.2, 0.25) is 0 Å². The van der Waals surface area contributed by atoms with E-state index in [-0.39, 0.29) is 0 Å². The average Bonchev–Trinajstić information content (AvgIpc) is 2.46. The van der Waals surface area contributed by atoms with Crippen LogP contribution in [-0.2, 0) is 16.6 Å². The van der Waals surface area contributed by atoms with E-state index in [1.54, 1.807) is 11.3 Å². The van der Waals surface area contributed by atoms with E-state index in [1.807, 2.05) is 27.0 Å². The number of rotatable bonds is 6. The Labute approximate surface area is 107 Å². The molecule has 0 radical (unpaired) electrons. The second kappa shape index (κ2) is 5.43. The topological polar surface area (TPSA) is 71.1 Å². The van der Waals surface area contributed by atoms with Crippen LogP contribution < -0.4 is 10.0 Å². The zero-order chi connectivity index (χ0) is 13.1. The quantitative estimate of drug-likeness (QED) is 0.809. The first-order chi connectivity index (χ1) is 7.68. The van der Waals surface area contributed by atoms with Crippen molar-refractivity contribution in [3.63, 3.8) is 0 Å². The maximum absolute atomic E-state index is 11.1. The summed E-state index contributed by atoms with van der Waals surface area (Å²) in [4.78, 5) is 5.31. The number of aryl methyl sites for hydroxylation is 1. The molecular formula is C10H19N3O2S2. The third kappa shape index (κ3) is 6.11. The molecule has 1 heterocycles. The fourth-order valence-electron chi connectivity index (χ4n) is 1.52. The molecule has 0 bridgehead atoms. The summed E-state index contributed by atoms with van der Waals surface area (Å²) in [5, 5.41) is 4.26. The number of nitrogens with zero attached hydrogens (tertiary/aromatic N) is 1. The van der Waals surface area contributed by atoms with Crippen LogP contribution in [0.15, 0.2) is 6.20 Å². The van der Waals surface area contributed by atoms with Crippen molar-refractivity contribution in [2.75, 3.05) is 12.8 Å². The second-order valence-electron chi connectivity index (χ2n) is 4.71. The van der Waals surface area contributed by atoms with Crippen molar-refractivity contribution in [1.29, 1.82) is 0 Å². The first-order valence-electron chi connectivity index (χ1n) is 5.29. The third-order valence-corrected chi connectivity index (χ3v) is 3.83. The highest BCUT2D eigenvalue weighted by Gasteiger charge is 2.21. The van der Waals surface area contributed by atoms with E-state index in [1.165, 1.54) is 6.26 Å². The molecule has 0 saturated heterocycles. The van der Waals surface area contributed by atoms with Crippen molar-refractivity contribution >= 4 is 21.4 Å². The zero-order valence-corrected chi connectivity index (χ0v) is 12.2. The van der Waals surface area contributed by atoms with Crippen molar-refractivity contribution < 1.29 is 8.42 Å². The largest absolute Gasteiger partial charge is 0.310 e. The average molecular weight is 277 g/mol. The molecule has 0 aliphatic rings. The minimum absolute atomic E-state index is 0.493. The summed E-state index contributed by atoms with van der Waals surface area (Å²) in [6, 6.07) is 0. The Morgan fingerprint density at radius 1 is 1.47 bits per heavy atom. The molecule has 7 heteroatoms. The van der Waals surface area contributed by atoms with Crippen LogP contribution in [0.25, 0.3) is 0 Å². The minimum atomic E-state index is -3.17. The highest BCUT2D eigenvalue weighted by atomic mass is 32.2. The molecule has 0 spiro atoms. The van der Waals surface area contributed by atoms with Gasteiger partial charge in [0.1, 0.15) is 0 Å². The summed E-state index contributed by atoms with van der Waals surface area (Å²) >= 11 is 1.64. The normalized spacial score (nSPS) is 12.9. The van der Waals surface area contributed by atoms with Crippen LogP contribution in [0.1, 0.15) is 23.7 Å². The fourth-order valence-corrected chi connectivity index (χ4v) is 3.36. The van der Waals surface area contributed by atoms with Gasteiger partial charge in [0.25, 0.3) is 0 Å². The van der Waals surface area contributed by atoms with Gasteiger partial charge >= 0.3 is 0 Å². The van der Waals surface area contributed by atoms with Crippen LogP contribution in [0.5, 0.6) is 0 Å². The monoisotopic (exact) mass is 277 g/mol. The molecule has 98 valence electrons. The predicted molar refractivity (Wildman–Crippen MR) is 70.6 cm³/mol. The van der Waals surface area contributed by atoms with Gasteiger partial charge in [0, 0.05) is 29.7 Å². The lowest BCUT2D eigenvalue weighted by atomic mass is 10.1. The molecule has 0 aromatic carbocycles. The Morgan fingerprint density at radius 2 is 2.12 bits per heavy atom. The summed E-state index contributed by atoms with van der Waals surface area (Å²) < 4.78 is 24.9. The Kier molecular flexibility index (Phi) is 4.65. The van der Waals surface area contributed by atoms with Gasteiger partial charge in [0.15, 0.2) is 0 Å². The van der Waals surface area contributed by atoms with Crippen LogP contribution in [0.4, 0.5) is 0 Å². The highest BCUT2D eigenvalue weighted by Crippen LogP contribution is 2.11. The lowest BCUT2D eigenvalue weighted by molar-refractivity contribution is 0.421. The number of nitrogens with one attached hydrogen (secondary N) is 2. The molecule has 0 aliphatic carbocycles. The summed E-state index contributed by atoms with van der Waals surface area (Å²) in [7, 11) is -3.17. The number of thiazole rings is 1. The molecule has 1 rings (SSSR count). The zero-order valence-electron chi connectivity index (χ0n) is 10.6. The van der Waals surface area contributed by atoms with Gasteiger partial charge in [-0.1, -0.05) is 0 Å². The number of hydrogen-bond donors (Lipinski definition) is 2. The molecule has 5 nitrogen and oxygen atoms in total. The first kappa shape index (κ1) is 14.6. The van der Waals surface area contributed by atoms with E-state index in [0.29, 0.717) is 13.1 Å². The van der Waals surface area contributed by atoms with Crippen molar-refractivity contribution in [2.45, 2.75) is 32.9 Å². The molecule has 0 aliphatic heterocycles. The van der Waals surface area contributed by atoms with Crippen LogP contribution in [-0.4, -0.2) is 31.7 Å². The van der Waals surface area contributed by atoms with Crippen molar-refractivity contribution in [1.82, 2.24) is 15.0 Å². The molecule has 2 N–H and O–H groups in total. The Balaban J connectivity index is 2.40. The van der Waals surface area contributed by atoms with E-state index in [2.05, 4.69) is 15.0 Å². The van der Waals surface area contributed by atoms with Gasteiger partial charge in [-0.25, -0.2) is 18.1 Å². The summed E-state index contributed by atoms with van der Waals surface area (Å²) in [6.45, 7) is 6.93. The minimum Gasteiger partial charge on any atom is -0.310 e. The number of aromatic nitrogens is 1. The molecular weight excluding hydrogens is 258 g/mol. The maximum Gasteiger partial charge on any atom is 0.209 e. The Hall–Kier alpha value is -0.500. The van der Waals surface area contributed by atoms with E-state index in [9.17, 15) is 8.42 Å². The molecule has 17 heavy (non-hydrogen) atoms. The molecule has 0 amide bonds. The predicted octanol–water partition coefficient (Wildman–Crippen LogP) is 0.869. The SMILES string of the molecule is Cc1ncc(CNCC(C)(C)NS(C)(=O)=O)s1. The second-order valence-corrected chi connectivity index (χ2v) is 7.78. The molecule has 0 unspecified atom stereocenters. The molecule has 0 saturated carbocycles. The van der Waals surface area contributed by atoms with Gasteiger partial charge in [-0.05, 0) is 20.8 Å². The van der Waals surface area contributed by atoms with E-state index < -0.39 is 15.6 Å².